The van der Waals surface area contributed by atoms with Crippen LogP contribution in [0.25, 0.3) is 0 Å². The number of hydrogen-bond acceptors (Lipinski definition) is 3. The Labute approximate surface area is 161 Å². The van der Waals surface area contributed by atoms with Crippen molar-refractivity contribution in [2.24, 2.45) is 10.9 Å². The molecule has 1 saturated heterocycles. The van der Waals surface area contributed by atoms with Crippen LogP contribution in [-0.4, -0.2) is 62.1 Å². The molecule has 1 aliphatic heterocycles. The Bertz CT molecular complexity index is 676. The fraction of sp³-hybridized carbons (Fsp3) is 0.600. The van der Waals surface area contributed by atoms with Crippen LogP contribution in [0.3, 0.4) is 0 Å². The molecule has 1 heterocycles. The quantitative estimate of drug-likeness (QED) is 0.401. The molecule has 1 aliphatic rings. The van der Waals surface area contributed by atoms with Gasteiger partial charge in [0.2, 0.25) is 0 Å². The molecule has 0 saturated carbocycles. The third-order valence-corrected chi connectivity index (χ3v) is 5.05. The van der Waals surface area contributed by atoms with Gasteiger partial charge in [-0.05, 0) is 44.4 Å². The SMILES string of the molecule is CN=C(NCCNC(=O)c1ccc(C)c(F)c1)NC1CN(C(C)C)CC1C. The molecule has 150 valence electrons. The van der Waals surface area contributed by atoms with E-state index in [4.69, 9.17) is 0 Å². The lowest BCUT2D eigenvalue weighted by molar-refractivity contribution is 0.0954. The number of aryl methyl sites for hydroxylation is 1. The number of aliphatic imine (C=N–C) groups is 1. The highest BCUT2D eigenvalue weighted by Gasteiger charge is 2.31. The Kier molecular flexibility index (Phi) is 7.59. The monoisotopic (exact) mass is 377 g/mol. The first-order chi connectivity index (χ1) is 12.8. The van der Waals surface area contributed by atoms with E-state index in [9.17, 15) is 9.18 Å². The summed E-state index contributed by atoms with van der Waals surface area (Å²) in [6, 6.07) is 5.39. The smallest absolute Gasteiger partial charge is 0.251 e. The van der Waals surface area contributed by atoms with E-state index in [-0.39, 0.29) is 11.7 Å². The van der Waals surface area contributed by atoms with Gasteiger partial charge in [0.15, 0.2) is 5.96 Å². The van der Waals surface area contributed by atoms with Crippen LogP contribution in [0.15, 0.2) is 23.2 Å². The Balaban J connectivity index is 1.75. The minimum absolute atomic E-state index is 0.282. The van der Waals surface area contributed by atoms with Crippen LogP contribution >= 0.6 is 0 Å². The van der Waals surface area contributed by atoms with Gasteiger partial charge in [0.05, 0.1) is 0 Å². The zero-order valence-electron chi connectivity index (χ0n) is 17.0. The number of nitrogens with one attached hydrogen (secondary N) is 3. The molecule has 7 heteroatoms. The third-order valence-electron chi connectivity index (χ3n) is 5.05. The van der Waals surface area contributed by atoms with Gasteiger partial charge in [-0.15, -0.1) is 0 Å². The summed E-state index contributed by atoms with van der Waals surface area (Å²) in [4.78, 5) is 18.8. The number of benzene rings is 1. The average Bonchev–Trinajstić information content (AvgIpc) is 3.00. The van der Waals surface area contributed by atoms with E-state index < -0.39 is 0 Å². The molecule has 1 fully saturated rings. The Morgan fingerprint density at radius 3 is 2.59 bits per heavy atom. The largest absolute Gasteiger partial charge is 0.355 e. The number of hydrogen-bond donors (Lipinski definition) is 3. The van der Waals surface area contributed by atoms with E-state index >= 15 is 0 Å². The maximum Gasteiger partial charge on any atom is 0.251 e. The van der Waals surface area contributed by atoms with Crippen molar-refractivity contribution in [1.82, 2.24) is 20.9 Å². The Morgan fingerprint density at radius 2 is 2.00 bits per heavy atom. The van der Waals surface area contributed by atoms with E-state index in [0.717, 1.165) is 19.0 Å². The lowest BCUT2D eigenvalue weighted by Crippen LogP contribution is -2.48. The first-order valence-electron chi connectivity index (χ1n) is 9.57. The highest BCUT2D eigenvalue weighted by Crippen LogP contribution is 2.18. The van der Waals surface area contributed by atoms with Gasteiger partial charge in [0, 0.05) is 50.9 Å². The molecule has 0 aliphatic carbocycles. The summed E-state index contributed by atoms with van der Waals surface area (Å²) in [7, 11) is 1.74. The minimum atomic E-state index is -0.369. The van der Waals surface area contributed by atoms with Gasteiger partial charge < -0.3 is 16.0 Å². The predicted molar refractivity (Wildman–Crippen MR) is 108 cm³/mol. The molecule has 1 amide bonds. The highest BCUT2D eigenvalue weighted by molar-refractivity contribution is 5.94. The number of carbonyl (C=O) groups excluding carboxylic acids is 1. The van der Waals surface area contributed by atoms with Crippen molar-refractivity contribution < 1.29 is 9.18 Å². The molecule has 27 heavy (non-hydrogen) atoms. The molecule has 6 nitrogen and oxygen atoms in total. The number of carbonyl (C=O) groups is 1. The van der Waals surface area contributed by atoms with E-state index in [0.29, 0.717) is 42.2 Å². The maximum absolute atomic E-state index is 13.6. The zero-order valence-corrected chi connectivity index (χ0v) is 17.0. The Hall–Kier alpha value is -2.15. The molecule has 1 aromatic carbocycles. The van der Waals surface area contributed by atoms with Crippen LogP contribution < -0.4 is 16.0 Å². The molecule has 0 aromatic heterocycles. The van der Waals surface area contributed by atoms with Gasteiger partial charge in [-0.25, -0.2) is 4.39 Å². The molecule has 3 N–H and O–H groups in total. The molecule has 2 rings (SSSR count). The fourth-order valence-electron chi connectivity index (χ4n) is 3.18. The zero-order chi connectivity index (χ0) is 20.0. The van der Waals surface area contributed by atoms with Crippen molar-refractivity contribution in [2.75, 3.05) is 33.2 Å². The van der Waals surface area contributed by atoms with Gasteiger partial charge in [-0.3, -0.25) is 14.7 Å². The molecule has 2 atom stereocenters. The second-order valence-corrected chi connectivity index (χ2v) is 7.49. The van der Waals surface area contributed by atoms with Crippen LogP contribution in [0.1, 0.15) is 36.7 Å². The summed E-state index contributed by atoms with van der Waals surface area (Å²) in [5.74, 6) is 0.623. The molecule has 0 spiro atoms. The lowest BCUT2D eigenvalue weighted by Gasteiger charge is -2.22. The normalized spacial score (nSPS) is 20.8. The standard InChI is InChI=1S/C20H32FN5O/c1-13(2)26-11-15(4)18(12-26)25-20(22-5)24-9-8-23-19(27)16-7-6-14(3)17(21)10-16/h6-7,10,13,15,18H,8-9,11-12H2,1-5H3,(H,23,27)(H2,22,24,25). The predicted octanol–water partition coefficient (Wildman–Crippen LogP) is 1.76. The van der Waals surface area contributed by atoms with Crippen LogP contribution in [0.2, 0.25) is 0 Å². The number of halogens is 1. The molecule has 2 unspecified atom stereocenters. The molecular formula is C20H32FN5O. The molecule has 0 bridgehead atoms. The van der Waals surface area contributed by atoms with Gasteiger partial charge >= 0.3 is 0 Å². The molecule has 1 aromatic rings. The van der Waals surface area contributed by atoms with E-state index in [1.807, 2.05) is 0 Å². The van der Waals surface area contributed by atoms with Crippen LogP contribution in [0.5, 0.6) is 0 Å². The van der Waals surface area contributed by atoms with Gasteiger partial charge in [0.1, 0.15) is 5.82 Å². The van der Waals surface area contributed by atoms with Crippen molar-refractivity contribution in [1.29, 1.82) is 0 Å². The topological polar surface area (TPSA) is 68.8 Å². The second-order valence-electron chi connectivity index (χ2n) is 7.49. The fourth-order valence-corrected chi connectivity index (χ4v) is 3.18. The summed E-state index contributed by atoms with van der Waals surface area (Å²) in [6.07, 6.45) is 0. The summed E-state index contributed by atoms with van der Waals surface area (Å²) < 4.78 is 13.6. The number of rotatable bonds is 6. The first-order valence-corrected chi connectivity index (χ1v) is 9.57. The van der Waals surface area contributed by atoms with E-state index in [1.165, 1.54) is 6.07 Å². The Morgan fingerprint density at radius 1 is 1.30 bits per heavy atom. The lowest BCUT2D eigenvalue weighted by atomic mass is 10.1. The summed E-state index contributed by atoms with van der Waals surface area (Å²) >= 11 is 0. The maximum atomic E-state index is 13.6. The highest BCUT2D eigenvalue weighted by atomic mass is 19.1. The van der Waals surface area contributed by atoms with Crippen molar-refractivity contribution in [3.05, 3.63) is 35.1 Å². The van der Waals surface area contributed by atoms with Crippen molar-refractivity contribution in [2.45, 2.75) is 39.8 Å². The number of amides is 1. The summed E-state index contributed by atoms with van der Waals surface area (Å²) in [6.45, 7) is 11.4. The average molecular weight is 378 g/mol. The van der Waals surface area contributed by atoms with Crippen molar-refractivity contribution in [3.63, 3.8) is 0 Å². The number of likely N-dealkylation sites (tertiary alicyclic amines) is 1. The van der Waals surface area contributed by atoms with Crippen LogP contribution in [0.4, 0.5) is 4.39 Å². The van der Waals surface area contributed by atoms with Crippen LogP contribution in [0, 0.1) is 18.7 Å². The molecular weight excluding hydrogens is 345 g/mol. The van der Waals surface area contributed by atoms with Gasteiger partial charge in [0.25, 0.3) is 5.91 Å². The van der Waals surface area contributed by atoms with Gasteiger partial charge in [-0.1, -0.05) is 13.0 Å². The van der Waals surface area contributed by atoms with E-state index in [1.54, 1.807) is 26.1 Å². The van der Waals surface area contributed by atoms with Gasteiger partial charge in [-0.2, -0.15) is 0 Å². The second kappa shape index (κ2) is 9.69. The molecule has 0 radical (unpaired) electrons. The first kappa shape index (κ1) is 21.2. The number of nitrogens with zero attached hydrogens (tertiary/aromatic N) is 2. The minimum Gasteiger partial charge on any atom is -0.355 e. The summed E-state index contributed by atoms with van der Waals surface area (Å²) in [5.41, 5.74) is 0.856. The number of guanidine groups is 1. The van der Waals surface area contributed by atoms with E-state index in [2.05, 4.69) is 46.6 Å². The third kappa shape index (κ3) is 5.92. The summed E-state index contributed by atoms with van der Waals surface area (Å²) in [5, 5.41) is 9.48. The van der Waals surface area contributed by atoms with Crippen molar-refractivity contribution in [3.8, 4) is 0 Å². The van der Waals surface area contributed by atoms with Crippen molar-refractivity contribution >= 4 is 11.9 Å². The van der Waals surface area contributed by atoms with Crippen LogP contribution in [-0.2, 0) is 0 Å².